The van der Waals surface area contributed by atoms with E-state index in [1.807, 2.05) is 22.7 Å². The van der Waals surface area contributed by atoms with Gasteiger partial charge in [-0.15, -0.1) is 22.7 Å². The van der Waals surface area contributed by atoms with E-state index in [0.717, 1.165) is 0 Å². The first-order chi connectivity index (χ1) is 22.3. The van der Waals surface area contributed by atoms with Crippen molar-refractivity contribution in [1.82, 2.24) is 4.57 Å². The molecule has 0 aliphatic heterocycles. The van der Waals surface area contributed by atoms with E-state index >= 15 is 0 Å². The van der Waals surface area contributed by atoms with Gasteiger partial charge in [0, 0.05) is 62.9 Å². The van der Waals surface area contributed by atoms with Gasteiger partial charge in [0.15, 0.2) is 0 Å². The lowest BCUT2D eigenvalue weighted by atomic mass is 9.89. The maximum atomic E-state index is 2.55. The lowest BCUT2D eigenvalue weighted by molar-refractivity contribution is 1.20. The average molecular weight is 606 g/mol. The predicted octanol–water partition coefficient (Wildman–Crippen LogP) is 13.0. The Balaban J connectivity index is 1.46. The number of hydrogen-bond acceptors (Lipinski definition) is 2. The van der Waals surface area contributed by atoms with Crippen LogP contribution >= 0.6 is 22.7 Å². The molecule has 3 heteroatoms. The molecule has 11 aromatic rings. The van der Waals surface area contributed by atoms with Crippen molar-refractivity contribution in [3.8, 4) is 5.69 Å². The van der Waals surface area contributed by atoms with Crippen LogP contribution in [0.3, 0.4) is 0 Å². The van der Waals surface area contributed by atoms with Crippen molar-refractivity contribution < 1.29 is 0 Å². The van der Waals surface area contributed by atoms with Gasteiger partial charge in [0.2, 0.25) is 0 Å². The summed E-state index contributed by atoms with van der Waals surface area (Å²) >= 11 is 3.82. The molecule has 45 heavy (non-hydrogen) atoms. The van der Waals surface area contributed by atoms with Crippen molar-refractivity contribution >= 4 is 117 Å². The summed E-state index contributed by atoms with van der Waals surface area (Å²) in [7, 11) is 0. The Morgan fingerprint density at radius 2 is 0.889 bits per heavy atom. The third-order valence-corrected chi connectivity index (χ3v) is 12.0. The number of fused-ring (bicyclic) bond motifs is 18. The van der Waals surface area contributed by atoms with Crippen LogP contribution < -0.4 is 0 Å². The van der Waals surface area contributed by atoms with Crippen LogP contribution in [0.15, 0.2) is 140 Å². The number of nitrogens with zero attached hydrogens (tertiary/aromatic N) is 1. The van der Waals surface area contributed by atoms with Crippen molar-refractivity contribution in [3.63, 3.8) is 0 Å². The molecular weight excluding hydrogens is 583 g/mol. The molecule has 0 aliphatic rings. The summed E-state index contributed by atoms with van der Waals surface area (Å²) < 4.78 is 7.89. The first kappa shape index (κ1) is 24.1. The average Bonchev–Trinajstić information content (AvgIpc) is 3.77. The molecule has 0 bridgehead atoms. The number of rotatable bonds is 1. The standard InChI is InChI=1S/C42H23NS2/c1-3-14-29-25(11-1)26-12-2-4-15-30(26)38-37(29)39-31-16-5-8-18-33(31)43(41(39)42-40(38)32-17-7-10-20-35(32)45-42)24-21-22-28-27-13-6-9-19-34(27)44-36(28)23-24/h1-23H. The molecule has 3 aromatic heterocycles. The van der Waals surface area contributed by atoms with Gasteiger partial charge >= 0.3 is 0 Å². The van der Waals surface area contributed by atoms with Gasteiger partial charge in [0.1, 0.15) is 0 Å². The lowest BCUT2D eigenvalue weighted by Crippen LogP contribution is -1.94. The Hall–Kier alpha value is -5.22. The quantitative estimate of drug-likeness (QED) is 0.164. The molecule has 0 spiro atoms. The van der Waals surface area contributed by atoms with Gasteiger partial charge in [-0.2, -0.15) is 0 Å². The van der Waals surface area contributed by atoms with Gasteiger partial charge in [-0.3, -0.25) is 0 Å². The Bertz CT molecular complexity index is 3040. The van der Waals surface area contributed by atoms with Crippen molar-refractivity contribution in [2.75, 3.05) is 0 Å². The van der Waals surface area contributed by atoms with Crippen LogP contribution in [0.1, 0.15) is 0 Å². The van der Waals surface area contributed by atoms with Crippen LogP contribution in [0, 0.1) is 0 Å². The summed E-state index contributed by atoms with van der Waals surface area (Å²) in [5, 5.41) is 16.0. The molecule has 3 heterocycles. The number of hydrogen-bond donors (Lipinski definition) is 0. The molecule has 0 saturated heterocycles. The fourth-order valence-electron chi connectivity index (χ4n) is 7.95. The van der Waals surface area contributed by atoms with E-state index in [-0.39, 0.29) is 0 Å². The highest BCUT2D eigenvalue weighted by Gasteiger charge is 2.24. The molecule has 0 unspecified atom stereocenters. The van der Waals surface area contributed by atoms with E-state index in [1.54, 1.807) is 0 Å². The summed E-state index contributed by atoms with van der Waals surface area (Å²) in [4.78, 5) is 0. The third-order valence-electron chi connectivity index (χ3n) is 9.74. The molecule has 11 rings (SSSR count). The van der Waals surface area contributed by atoms with Crippen LogP contribution in [-0.4, -0.2) is 4.57 Å². The Kier molecular flexibility index (Phi) is 4.67. The molecule has 0 fully saturated rings. The number of para-hydroxylation sites is 1. The molecule has 1 nitrogen and oxygen atoms in total. The topological polar surface area (TPSA) is 4.93 Å². The minimum Gasteiger partial charge on any atom is -0.308 e. The maximum absolute atomic E-state index is 2.55. The minimum absolute atomic E-state index is 1.21. The monoisotopic (exact) mass is 605 g/mol. The summed E-state index contributed by atoms with van der Waals surface area (Å²) in [6.45, 7) is 0. The van der Waals surface area contributed by atoms with Crippen molar-refractivity contribution in [3.05, 3.63) is 140 Å². The molecule has 208 valence electrons. The molecule has 0 radical (unpaired) electrons. The molecule has 0 saturated carbocycles. The highest BCUT2D eigenvalue weighted by molar-refractivity contribution is 7.27. The zero-order valence-corrected chi connectivity index (χ0v) is 25.7. The third kappa shape index (κ3) is 3.07. The van der Waals surface area contributed by atoms with Crippen LogP contribution in [0.2, 0.25) is 0 Å². The van der Waals surface area contributed by atoms with Gasteiger partial charge in [-0.25, -0.2) is 0 Å². The molecule has 0 aliphatic carbocycles. The zero-order valence-electron chi connectivity index (χ0n) is 24.0. The van der Waals surface area contributed by atoms with E-state index in [2.05, 4.69) is 144 Å². The second-order valence-electron chi connectivity index (χ2n) is 12.0. The molecule has 0 amide bonds. The Labute approximate surface area is 265 Å². The SMILES string of the molecule is c1ccc2c(c1)sc1cc(-n3c4ccccc4c4c5c6ccccc6c6ccccc6c5c5c6ccccc6sc5c43)ccc12. The van der Waals surface area contributed by atoms with Crippen molar-refractivity contribution in [2.24, 2.45) is 0 Å². The van der Waals surface area contributed by atoms with E-state index in [1.165, 1.54) is 100 Å². The number of benzene rings is 8. The van der Waals surface area contributed by atoms with E-state index in [9.17, 15) is 0 Å². The van der Waals surface area contributed by atoms with Crippen molar-refractivity contribution in [2.45, 2.75) is 0 Å². The van der Waals surface area contributed by atoms with Gasteiger partial charge in [-0.1, -0.05) is 109 Å². The van der Waals surface area contributed by atoms with Crippen LogP contribution in [0.5, 0.6) is 0 Å². The summed E-state index contributed by atoms with van der Waals surface area (Å²) in [5.41, 5.74) is 3.76. The summed E-state index contributed by atoms with van der Waals surface area (Å²) in [6.07, 6.45) is 0. The van der Waals surface area contributed by atoms with Crippen LogP contribution in [-0.2, 0) is 0 Å². The normalized spacial score (nSPS) is 12.4. The summed E-state index contributed by atoms with van der Waals surface area (Å²) in [5.74, 6) is 0. The van der Waals surface area contributed by atoms with Crippen LogP contribution in [0.4, 0.5) is 0 Å². The molecular formula is C42H23NS2. The fraction of sp³-hybridized carbons (Fsp3) is 0. The van der Waals surface area contributed by atoms with Crippen molar-refractivity contribution in [1.29, 1.82) is 0 Å². The lowest BCUT2D eigenvalue weighted by Gasteiger charge is -2.15. The second-order valence-corrected chi connectivity index (χ2v) is 14.1. The number of aromatic nitrogens is 1. The summed E-state index contributed by atoms with van der Waals surface area (Å²) in [6, 6.07) is 51.9. The minimum atomic E-state index is 1.21. The zero-order chi connectivity index (χ0) is 29.2. The number of thiophene rings is 2. The largest absolute Gasteiger partial charge is 0.308 e. The van der Waals surface area contributed by atoms with E-state index in [0.29, 0.717) is 0 Å². The smallest absolute Gasteiger partial charge is 0.0726 e. The van der Waals surface area contributed by atoms with E-state index < -0.39 is 0 Å². The highest BCUT2D eigenvalue weighted by Crippen LogP contribution is 2.52. The molecule has 0 N–H and O–H groups in total. The first-order valence-corrected chi connectivity index (χ1v) is 17.0. The molecule has 8 aromatic carbocycles. The fourth-order valence-corrected chi connectivity index (χ4v) is 10.3. The predicted molar refractivity (Wildman–Crippen MR) is 199 cm³/mol. The first-order valence-electron chi connectivity index (χ1n) is 15.4. The second kappa shape index (κ2) is 8.70. The van der Waals surface area contributed by atoms with Gasteiger partial charge in [0.25, 0.3) is 0 Å². The van der Waals surface area contributed by atoms with Gasteiger partial charge in [-0.05, 0) is 51.9 Å². The Morgan fingerprint density at radius 1 is 0.356 bits per heavy atom. The highest BCUT2D eigenvalue weighted by atomic mass is 32.1. The van der Waals surface area contributed by atoms with Crippen LogP contribution in [0.25, 0.3) is 100 Å². The Morgan fingerprint density at radius 3 is 1.62 bits per heavy atom. The van der Waals surface area contributed by atoms with Gasteiger partial charge < -0.3 is 4.57 Å². The maximum Gasteiger partial charge on any atom is 0.0726 e. The van der Waals surface area contributed by atoms with E-state index in [4.69, 9.17) is 0 Å². The molecule has 0 atom stereocenters. The van der Waals surface area contributed by atoms with Gasteiger partial charge in [0.05, 0.1) is 15.7 Å².